The van der Waals surface area contributed by atoms with E-state index in [-0.39, 0.29) is 5.41 Å². The molecule has 5 aliphatic carbocycles. The van der Waals surface area contributed by atoms with Gasteiger partial charge in [0.25, 0.3) is 0 Å². The van der Waals surface area contributed by atoms with Crippen molar-refractivity contribution in [1.82, 2.24) is 0 Å². The van der Waals surface area contributed by atoms with Gasteiger partial charge in [0.05, 0.1) is 5.60 Å². The molecule has 2 heteroatoms. The summed E-state index contributed by atoms with van der Waals surface area (Å²) >= 11 is 0. The van der Waals surface area contributed by atoms with Gasteiger partial charge in [0, 0.05) is 11.8 Å². The molecule has 1 N–H and O–H groups in total. The zero-order valence-electron chi connectivity index (χ0n) is 21.9. The van der Waals surface area contributed by atoms with Crippen LogP contribution in [0.1, 0.15) is 113 Å². The monoisotopic (exact) mass is 440 g/mol. The highest BCUT2D eigenvalue weighted by Gasteiger charge is 2.82. The van der Waals surface area contributed by atoms with Gasteiger partial charge in [-0.05, 0) is 117 Å². The van der Waals surface area contributed by atoms with Crippen molar-refractivity contribution < 1.29 is 9.90 Å². The summed E-state index contributed by atoms with van der Waals surface area (Å²) in [5, 5.41) is 10.1. The summed E-state index contributed by atoms with van der Waals surface area (Å²) in [7, 11) is 0. The van der Waals surface area contributed by atoms with Crippen molar-refractivity contribution >= 4 is 5.78 Å². The zero-order valence-corrected chi connectivity index (χ0v) is 21.9. The van der Waals surface area contributed by atoms with E-state index in [1.807, 2.05) is 19.9 Å². The molecular weight excluding hydrogens is 392 g/mol. The van der Waals surface area contributed by atoms with Crippen LogP contribution in [0.2, 0.25) is 0 Å². The number of aliphatic hydroxyl groups is 1. The molecule has 0 aromatic carbocycles. The van der Waals surface area contributed by atoms with Crippen molar-refractivity contribution in [3.63, 3.8) is 0 Å². The van der Waals surface area contributed by atoms with E-state index in [1.54, 1.807) is 0 Å². The lowest BCUT2D eigenvalue weighted by molar-refractivity contribution is -0.156. The van der Waals surface area contributed by atoms with E-state index in [4.69, 9.17) is 0 Å². The maximum Gasteiger partial charge on any atom is 0.138 e. The lowest BCUT2D eigenvalue weighted by atomic mass is 9.42. The normalized spacial score (nSPS) is 50.4. The van der Waals surface area contributed by atoms with E-state index in [2.05, 4.69) is 40.7 Å². The number of hydrogen-bond donors (Lipinski definition) is 1. The van der Waals surface area contributed by atoms with Crippen LogP contribution in [-0.4, -0.2) is 16.5 Å². The van der Waals surface area contributed by atoms with Crippen LogP contribution in [0.25, 0.3) is 0 Å². The van der Waals surface area contributed by atoms with E-state index < -0.39 is 5.60 Å². The minimum absolute atomic E-state index is 0.103. The molecule has 1 unspecified atom stereocenters. The molecule has 2 spiro atoms. The minimum Gasteiger partial charge on any atom is -0.386 e. The lowest BCUT2D eigenvalue weighted by Gasteiger charge is -2.62. The van der Waals surface area contributed by atoms with Crippen molar-refractivity contribution in [3.05, 3.63) is 12.2 Å². The Labute approximate surface area is 197 Å². The Morgan fingerprint density at radius 2 is 1.62 bits per heavy atom. The molecule has 0 heterocycles. The Morgan fingerprint density at radius 1 is 0.969 bits per heavy atom. The maximum absolute atomic E-state index is 12.8. The quantitative estimate of drug-likeness (QED) is 0.464. The van der Waals surface area contributed by atoms with E-state index in [9.17, 15) is 9.90 Å². The fourth-order valence-electron chi connectivity index (χ4n) is 10.9. The highest BCUT2D eigenvalue weighted by atomic mass is 16.3. The van der Waals surface area contributed by atoms with Crippen molar-refractivity contribution in [2.24, 2.45) is 50.7 Å². The Hall–Kier alpha value is -0.630. The Morgan fingerprint density at radius 3 is 2.31 bits per heavy atom. The van der Waals surface area contributed by atoms with E-state index >= 15 is 0 Å². The Kier molecular flexibility index (Phi) is 4.87. The summed E-state index contributed by atoms with van der Waals surface area (Å²) in [5.74, 6) is 3.48. The predicted molar refractivity (Wildman–Crippen MR) is 131 cm³/mol. The van der Waals surface area contributed by atoms with E-state index in [0.717, 1.165) is 24.7 Å². The number of fused-ring (bicyclic) bond motifs is 2. The van der Waals surface area contributed by atoms with Crippen LogP contribution >= 0.6 is 0 Å². The fourth-order valence-corrected chi connectivity index (χ4v) is 10.9. The second-order valence-electron chi connectivity index (χ2n) is 14.6. The minimum atomic E-state index is -0.709. The number of carbonyl (C=O) groups excluding carboxylic acids is 1. The third-order valence-corrected chi connectivity index (χ3v) is 12.6. The van der Waals surface area contributed by atoms with Gasteiger partial charge < -0.3 is 5.11 Å². The summed E-state index contributed by atoms with van der Waals surface area (Å²) in [6.07, 6.45) is 16.9. The van der Waals surface area contributed by atoms with Crippen LogP contribution in [0.3, 0.4) is 0 Å². The highest BCUT2D eigenvalue weighted by molar-refractivity contribution is 5.86. The molecule has 8 atom stereocenters. The molecule has 180 valence electrons. The summed E-state index contributed by atoms with van der Waals surface area (Å²) in [6.45, 7) is 16.1. The number of ketones is 1. The second kappa shape index (κ2) is 6.73. The van der Waals surface area contributed by atoms with Gasteiger partial charge in [-0.25, -0.2) is 0 Å². The average molecular weight is 441 g/mol. The molecular formula is C30H48O2. The van der Waals surface area contributed by atoms with Gasteiger partial charge in [0.2, 0.25) is 0 Å². The molecule has 0 amide bonds. The molecule has 0 aromatic heterocycles. The average Bonchev–Trinajstić information content (AvgIpc) is 3.27. The standard InChI is InChI=1S/C30H48O2/c1-20(9-8-14-25(2,3)32)21-12-15-28(7)23-11-10-22-26(4,5)24(31)13-16-29(22)19-30(23,29)18-17-27(21,28)6/h8,14,20-23,32H,9-13,15-19H2,1-7H3/b14-8+/t20?,21-,22+,23+,27-,28+,29-,30+/m1/s1. The van der Waals surface area contributed by atoms with Gasteiger partial charge in [-0.1, -0.05) is 46.8 Å². The predicted octanol–water partition coefficient (Wildman–Crippen LogP) is 7.35. The summed E-state index contributed by atoms with van der Waals surface area (Å²) in [5.41, 5.74) is 1.09. The van der Waals surface area contributed by atoms with Gasteiger partial charge in [-0.3, -0.25) is 4.79 Å². The van der Waals surface area contributed by atoms with Crippen molar-refractivity contribution in [1.29, 1.82) is 0 Å². The third-order valence-electron chi connectivity index (χ3n) is 12.6. The highest BCUT2D eigenvalue weighted by Crippen LogP contribution is 2.88. The SMILES string of the molecule is CC(C/C=C/C(C)(C)O)[C@H]1CC[C@@]2(C)[C@@H]3CC[C@H]4C(C)(C)C(=O)CC[C@@]45C[C@@]35CC[C@]12C. The molecule has 5 rings (SSSR count). The number of hydrogen-bond acceptors (Lipinski definition) is 2. The van der Waals surface area contributed by atoms with Crippen LogP contribution in [0, 0.1) is 50.7 Å². The molecule has 32 heavy (non-hydrogen) atoms. The summed E-state index contributed by atoms with van der Waals surface area (Å²) in [6, 6.07) is 0. The Balaban J connectivity index is 1.40. The van der Waals surface area contributed by atoms with Gasteiger partial charge in [0.1, 0.15) is 5.78 Å². The third kappa shape index (κ3) is 2.77. The molecule has 0 bridgehead atoms. The zero-order chi connectivity index (χ0) is 23.4. The van der Waals surface area contributed by atoms with Crippen molar-refractivity contribution in [3.8, 4) is 0 Å². The smallest absolute Gasteiger partial charge is 0.138 e. The molecule has 0 radical (unpaired) electrons. The topological polar surface area (TPSA) is 37.3 Å². The van der Waals surface area contributed by atoms with Gasteiger partial charge >= 0.3 is 0 Å². The molecule has 2 nitrogen and oxygen atoms in total. The Bertz CT molecular complexity index is 832. The van der Waals surface area contributed by atoms with E-state index in [1.165, 1.54) is 51.4 Å². The number of rotatable bonds is 4. The number of Topliss-reactive ketones (excluding diaryl/α,β-unsaturated/α-hetero) is 1. The first-order valence-corrected chi connectivity index (χ1v) is 13.7. The first-order chi connectivity index (χ1) is 14.7. The van der Waals surface area contributed by atoms with Crippen molar-refractivity contribution in [2.75, 3.05) is 0 Å². The first-order valence-electron chi connectivity index (χ1n) is 13.7. The van der Waals surface area contributed by atoms with Crippen molar-refractivity contribution in [2.45, 2.75) is 118 Å². The molecule has 5 fully saturated rings. The maximum atomic E-state index is 12.8. The fraction of sp³-hybridized carbons (Fsp3) is 0.900. The second-order valence-corrected chi connectivity index (χ2v) is 14.6. The van der Waals surface area contributed by atoms with Gasteiger partial charge in [-0.15, -0.1) is 0 Å². The molecule has 0 aliphatic heterocycles. The molecule has 0 aromatic rings. The van der Waals surface area contributed by atoms with Crippen LogP contribution in [0.5, 0.6) is 0 Å². The molecule has 0 saturated heterocycles. The number of allylic oxidation sites excluding steroid dienone is 1. The van der Waals surface area contributed by atoms with Crippen LogP contribution < -0.4 is 0 Å². The van der Waals surface area contributed by atoms with Gasteiger partial charge in [0.15, 0.2) is 0 Å². The summed E-state index contributed by atoms with van der Waals surface area (Å²) < 4.78 is 0. The number of carbonyl (C=O) groups is 1. The van der Waals surface area contributed by atoms with Gasteiger partial charge in [-0.2, -0.15) is 0 Å². The summed E-state index contributed by atoms with van der Waals surface area (Å²) in [4.78, 5) is 12.8. The first kappa shape index (κ1) is 23.1. The van der Waals surface area contributed by atoms with Crippen LogP contribution in [0.4, 0.5) is 0 Å². The largest absolute Gasteiger partial charge is 0.386 e. The van der Waals surface area contributed by atoms with E-state index in [0.29, 0.717) is 39.3 Å². The molecule has 5 saturated carbocycles. The van der Waals surface area contributed by atoms with Crippen LogP contribution in [-0.2, 0) is 4.79 Å². The lowest BCUT2D eigenvalue weighted by Crippen LogP contribution is -2.57. The van der Waals surface area contributed by atoms with Crippen LogP contribution in [0.15, 0.2) is 12.2 Å². The molecule has 5 aliphatic rings.